The number of allylic oxidation sites excluding steroid dienone is 2. The maximum atomic E-state index is 13.5. The third-order valence-corrected chi connectivity index (χ3v) is 11.2. The van der Waals surface area contributed by atoms with Crippen LogP contribution in [-0.4, -0.2) is 28.1 Å². The van der Waals surface area contributed by atoms with Crippen LogP contribution in [0.1, 0.15) is 113 Å². The lowest BCUT2D eigenvalue weighted by atomic mass is 9.36. The van der Waals surface area contributed by atoms with Crippen LogP contribution in [0.2, 0.25) is 0 Å². The van der Waals surface area contributed by atoms with Crippen LogP contribution < -0.4 is 0 Å². The summed E-state index contributed by atoms with van der Waals surface area (Å²) in [6.07, 6.45) is 6.75. The molecule has 0 aliphatic heterocycles. The van der Waals surface area contributed by atoms with Gasteiger partial charge in [-0.25, -0.2) is 0 Å². The van der Waals surface area contributed by atoms with Crippen molar-refractivity contribution in [3.8, 4) is 0 Å². The summed E-state index contributed by atoms with van der Waals surface area (Å²) in [6.45, 7) is 16.9. The standard InChI is InChI=1S/C30H46O4/c1-18(15-19(31)16-26(2,3)34)25-20-9-10-23-28(6)13-12-24(33)27(4,5)22(28)11-14-29(23,7)30(20,8)17-21(25)32/h18,22-23,34H,9-17H2,1-8H3/t18-,22+,23+,28+,29+,30+/m1/s1. The molecule has 0 amide bonds. The monoisotopic (exact) mass is 470 g/mol. The highest BCUT2D eigenvalue weighted by Gasteiger charge is 2.67. The molecule has 1 N–H and O–H groups in total. The molecule has 6 atom stereocenters. The Kier molecular flexibility index (Phi) is 5.96. The van der Waals surface area contributed by atoms with Crippen molar-refractivity contribution in [3.05, 3.63) is 11.1 Å². The number of rotatable bonds is 5. The van der Waals surface area contributed by atoms with Gasteiger partial charge in [0.05, 0.1) is 5.60 Å². The van der Waals surface area contributed by atoms with Gasteiger partial charge in [-0.3, -0.25) is 14.4 Å². The van der Waals surface area contributed by atoms with Crippen molar-refractivity contribution in [3.63, 3.8) is 0 Å². The number of hydrogen-bond acceptors (Lipinski definition) is 4. The van der Waals surface area contributed by atoms with Crippen LogP contribution in [0.25, 0.3) is 0 Å². The van der Waals surface area contributed by atoms with Crippen LogP contribution in [0, 0.1) is 39.4 Å². The molecule has 4 aliphatic rings. The van der Waals surface area contributed by atoms with E-state index in [2.05, 4.69) is 34.6 Å². The van der Waals surface area contributed by atoms with E-state index in [1.807, 2.05) is 6.92 Å². The predicted molar refractivity (Wildman–Crippen MR) is 134 cm³/mol. The molecule has 4 nitrogen and oxygen atoms in total. The lowest BCUT2D eigenvalue weighted by Crippen LogP contribution is -2.62. The Morgan fingerprint density at radius 3 is 2.29 bits per heavy atom. The molecule has 0 spiro atoms. The summed E-state index contributed by atoms with van der Waals surface area (Å²) in [6, 6.07) is 0. The van der Waals surface area contributed by atoms with Crippen molar-refractivity contribution in [1.29, 1.82) is 0 Å². The minimum Gasteiger partial charge on any atom is -0.390 e. The fourth-order valence-electron chi connectivity index (χ4n) is 9.47. The molecule has 0 saturated heterocycles. The van der Waals surface area contributed by atoms with E-state index in [-0.39, 0.29) is 45.6 Å². The number of Topliss-reactive ketones (excluding diaryl/α,β-unsaturated/α-hetero) is 3. The van der Waals surface area contributed by atoms with Crippen molar-refractivity contribution in [1.82, 2.24) is 0 Å². The first kappa shape index (κ1) is 25.8. The largest absolute Gasteiger partial charge is 0.390 e. The van der Waals surface area contributed by atoms with Gasteiger partial charge in [0.2, 0.25) is 0 Å². The maximum absolute atomic E-state index is 13.5. The molecule has 34 heavy (non-hydrogen) atoms. The lowest BCUT2D eigenvalue weighted by Gasteiger charge is -2.67. The third kappa shape index (κ3) is 3.61. The average Bonchev–Trinajstić information content (AvgIpc) is 2.94. The fourth-order valence-corrected chi connectivity index (χ4v) is 9.47. The second-order valence-corrected chi connectivity index (χ2v) is 14.2. The Morgan fingerprint density at radius 1 is 1.03 bits per heavy atom. The first-order valence-corrected chi connectivity index (χ1v) is 13.5. The minimum absolute atomic E-state index is 0.0243. The Morgan fingerprint density at radius 2 is 1.68 bits per heavy atom. The zero-order valence-corrected chi connectivity index (χ0v) is 22.8. The SMILES string of the molecule is C[C@H](CC(=O)CC(C)(C)O)C1=C2CC[C@H]3[C@@]4(C)CCC(=O)C(C)(C)[C@@H]4CC[C@]3(C)[C@@]2(C)CC1=O. The number of hydrogen-bond donors (Lipinski definition) is 1. The van der Waals surface area contributed by atoms with Gasteiger partial charge in [-0.15, -0.1) is 0 Å². The molecule has 0 bridgehead atoms. The topological polar surface area (TPSA) is 71.4 Å². The average molecular weight is 471 g/mol. The first-order chi connectivity index (χ1) is 15.5. The molecule has 4 aliphatic carbocycles. The smallest absolute Gasteiger partial charge is 0.160 e. The molecule has 4 heteroatoms. The van der Waals surface area contributed by atoms with E-state index in [9.17, 15) is 19.5 Å². The summed E-state index contributed by atoms with van der Waals surface area (Å²) in [5.74, 6) is 1.48. The summed E-state index contributed by atoms with van der Waals surface area (Å²) < 4.78 is 0. The van der Waals surface area contributed by atoms with Crippen molar-refractivity contribution in [2.24, 2.45) is 39.4 Å². The Bertz CT molecular complexity index is 949. The summed E-state index contributed by atoms with van der Waals surface area (Å²) in [5.41, 5.74) is 0.922. The van der Waals surface area contributed by atoms with Crippen LogP contribution in [0.5, 0.6) is 0 Å². The van der Waals surface area contributed by atoms with Gasteiger partial charge in [0, 0.05) is 36.5 Å². The maximum Gasteiger partial charge on any atom is 0.160 e. The second-order valence-electron chi connectivity index (χ2n) is 14.2. The molecule has 4 rings (SSSR count). The summed E-state index contributed by atoms with van der Waals surface area (Å²) in [4.78, 5) is 39.0. The molecular formula is C30H46O4. The van der Waals surface area contributed by atoms with E-state index in [4.69, 9.17) is 0 Å². The molecule has 0 radical (unpaired) electrons. The highest BCUT2D eigenvalue weighted by Crippen LogP contribution is 2.73. The number of fused-ring (bicyclic) bond motifs is 5. The van der Waals surface area contributed by atoms with Crippen LogP contribution >= 0.6 is 0 Å². The van der Waals surface area contributed by atoms with Gasteiger partial charge in [0.15, 0.2) is 5.78 Å². The van der Waals surface area contributed by atoms with Gasteiger partial charge in [-0.1, -0.05) is 47.1 Å². The summed E-state index contributed by atoms with van der Waals surface area (Å²) in [7, 11) is 0. The minimum atomic E-state index is -1.02. The van der Waals surface area contributed by atoms with E-state index in [1.54, 1.807) is 13.8 Å². The van der Waals surface area contributed by atoms with E-state index in [0.29, 0.717) is 36.9 Å². The van der Waals surface area contributed by atoms with Gasteiger partial charge >= 0.3 is 0 Å². The van der Waals surface area contributed by atoms with Crippen LogP contribution in [0.3, 0.4) is 0 Å². The van der Waals surface area contributed by atoms with Gasteiger partial charge in [-0.2, -0.15) is 0 Å². The number of ketones is 3. The first-order valence-electron chi connectivity index (χ1n) is 13.5. The summed E-state index contributed by atoms with van der Waals surface area (Å²) >= 11 is 0. The number of carbonyl (C=O) groups excluding carboxylic acids is 3. The predicted octanol–water partition coefficient (Wildman–Crippen LogP) is 6.24. The van der Waals surface area contributed by atoms with Gasteiger partial charge in [-0.05, 0) is 80.1 Å². The highest BCUT2D eigenvalue weighted by atomic mass is 16.3. The van der Waals surface area contributed by atoms with Crippen LogP contribution in [-0.2, 0) is 14.4 Å². The highest BCUT2D eigenvalue weighted by molar-refractivity contribution is 6.01. The van der Waals surface area contributed by atoms with E-state index < -0.39 is 5.60 Å². The van der Waals surface area contributed by atoms with Crippen molar-refractivity contribution in [2.45, 2.75) is 119 Å². The zero-order chi connectivity index (χ0) is 25.5. The molecule has 0 unspecified atom stereocenters. The Hall–Kier alpha value is -1.29. The second kappa shape index (κ2) is 7.85. The van der Waals surface area contributed by atoms with Crippen molar-refractivity contribution in [2.75, 3.05) is 0 Å². The van der Waals surface area contributed by atoms with E-state index in [1.165, 1.54) is 5.57 Å². The molecule has 0 aromatic rings. The molecule has 3 fully saturated rings. The Labute approximate surface area is 206 Å². The van der Waals surface area contributed by atoms with E-state index in [0.717, 1.165) is 37.7 Å². The molecule has 3 saturated carbocycles. The van der Waals surface area contributed by atoms with Crippen molar-refractivity contribution >= 4 is 17.3 Å². The molecule has 0 heterocycles. The molecular weight excluding hydrogens is 424 g/mol. The number of carbonyl (C=O) groups is 3. The van der Waals surface area contributed by atoms with E-state index >= 15 is 0 Å². The molecule has 0 aromatic carbocycles. The molecule has 0 aromatic heterocycles. The van der Waals surface area contributed by atoms with Crippen LogP contribution in [0.4, 0.5) is 0 Å². The molecule has 190 valence electrons. The normalized spacial score (nSPS) is 40.5. The fraction of sp³-hybridized carbons (Fsp3) is 0.833. The van der Waals surface area contributed by atoms with Crippen molar-refractivity contribution < 1.29 is 19.5 Å². The van der Waals surface area contributed by atoms with Crippen LogP contribution in [0.15, 0.2) is 11.1 Å². The third-order valence-electron chi connectivity index (χ3n) is 11.2. The lowest BCUT2D eigenvalue weighted by molar-refractivity contribution is -0.180. The van der Waals surface area contributed by atoms with Gasteiger partial charge in [0.1, 0.15) is 11.6 Å². The number of aliphatic hydroxyl groups is 1. The zero-order valence-electron chi connectivity index (χ0n) is 22.8. The van der Waals surface area contributed by atoms with Gasteiger partial charge < -0.3 is 5.11 Å². The summed E-state index contributed by atoms with van der Waals surface area (Å²) in [5, 5.41) is 10.1. The Balaban J connectivity index is 1.68. The van der Waals surface area contributed by atoms with Gasteiger partial charge in [0.25, 0.3) is 0 Å². The quantitative estimate of drug-likeness (QED) is 0.516.